The SMILES string of the molecule is CN(Cc1ccc(NC(=O)c2ccc(CN(C(=O)c3ccc4c(c3)OCC(=O)N4)C3CC3)cc2)cc1)C(=O)CCCCC(C)(C)N. The molecule has 0 spiro atoms. The number of carbonyl (C=O) groups excluding carboxylic acids is 4. The summed E-state index contributed by atoms with van der Waals surface area (Å²) in [5, 5.41) is 5.68. The van der Waals surface area contributed by atoms with Gasteiger partial charge in [-0.1, -0.05) is 30.7 Å². The maximum Gasteiger partial charge on any atom is 0.262 e. The quantitative estimate of drug-likeness (QED) is 0.220. The van der Waals surface area contributed by atoms with Gasteiger partial charge in [0.25, 0.3) is 17.7 Å². The topological polar surface area (TPSA) is 134 Å². The molecule has 0 atom stereocenters. The summed E-state index contributed by atoms with van der Waals surface area (Å²) < 4.78 is 5.49. The minimum atomic E-state index is -0.233. The van der Waals surface area contributed by atoms with Gasteiger partial charge in [0.2, 0.25) is 5.91 Å². The molecule has 1 saturated carbocycles. The Morgan fingerprint density at radius 2 is 1.59 bits per heavy atom. The molecule has 10 heteroatoms. The van der Waals surface area contributed by atoms with Gasteiger partial charge in [0.15, 0.2) is 6.61 Å². The van der Waals surface area contributed by atoms with Gasteiger partial charge in [-0.25, -0.2) is 0 Å². The summed E-state index contributed by atoms with van der Waals surface area (Å²) in [6.07, 6.45) is 5.03. The van der Waals surface area contributed by atoms with Gasteiger partial charge < -0.3 is 30.9 Å². The van der Waals surface area contributed by atoms with Crippen LogP contribution in [0.25, 0.3) is 0 Å². The molecule has 0 bridgehead atoms. The van der Waals surface area contributed by atoms with Crippen LogP contribution < -0.4 is 21.1 Å². The molecule has 5 rings (SSSR count). The molecule has 4 amide bonds. The van der Waals surface area contributed by atoms with Crippen LogP contribution in [0, 0.1) is 0 Å². The van der Waals surface area contributed by atoms with E-state index in [1.807, 2.05) is 55.1 Å². The van der Waals surface area contributed by atoms with Crippen LogP contribution in [-0.2, 0) is 22.7 Å². The first-order valence-electron chi connectivity index (χ1n) is 15.8. The number of hydrogen-bond acceptors (Lipinski definition) is 6. The summed E-state index contributed by atoms with van der Waals surface area (Å²) in [5.41, 5.74) is 9.94. The lowest BCUT2D eigenvalue weighted by Gasteiger charge is -2.24. The van der Waals surface area contributed by atoms with Crippen LogP contribution in [0.2, 0.25) is 0 Å². The second kappa shape index (κ2) is 14.2. The van der Waals surface area contributed by atoms with E-state index in [1.54, 1.807) is 42.3 Å². The van der Waals surface area contributed by atoms with E-state index in [-0.39, 0.29) is 41.8 Å². The molecular weight excluding hydrogens is 582 g/mol. The molecular formula is C36H43N5O5. The highest BCUT2D eigenvalue weighted by Crippen LogP contribution is 2.33. The van der Waals surface area contributed by atoms with E-state index in [0.29, 0.717) is 47.8 Å². The zero-order chi connectivity index (χ0) is 32.8. The number of nitrogens with one attached hydrogen (secondary N) is 2. The third kappa shape index (κ3) is 8.94. The standard InChI is InChI=1S/C36H43N5O5/c1-36(2,37)19-5-4-6-33(43)40(3)21-24-9-14-28(15-10-24)38-34(44)26-11-7-25(8-12-26)22-41(29-16-17-29)35(45)27-13-18-30-31(20-27)46-23-32(42)39-30/h7-15,18,20,29H,4-6,16-17,19,21-23,37H2,1-3H3,(H,38,44)(H,39,42). The average molecular weight is 626 g/mol. The van der Waals surface area contributed by atoms with Crippen molar-refractivity contribution in [3.8, 4) is 5.75 Å². The van der Waals surface area contributed by atoms with Crippen LogP contribution in [0.1, 0.15) is 84.2 Å². The van der Waals surface area contributed by atoms with Crippen molar-refractivity contribution < 1.29 is 23.9 Å². The largest absolute Gasteiger partial charge is 0.482 e. The summed E-state index contributed by atoms with van der Waals surface area (Å²) >= 11 is 0. The van der Waals surface area contributed by atoms with E-state index < -0.39 is 0 Å². The van der Waals surface area contributed by atoms with E-state index in [2.05, 4.69) is 10.6 Å². The third-order valence-corrected chi connectivity index (χ3v) is 8.20. The number of carbonyl (C=O) groups is 4. The van der Waals surface area contributed by atoms with Crippen molar-refractivity contribution in [3.63, 3.8) is 0 Å². The number of rotatable bonds is 13. The highest BCUT2D eigenvalue weighted by molar-refractivity contribution is 6.04. The molecule has 3 aromatic rings. The fourth-order valence-electron chi connectivity index (χ4n) is 5.39. The maximum atomic E-state index is 13.5. The van der Waals surface area contributed by atoms with Crippen molar-refractivity contribution in [2.75, 3.05) is 24.3 Å². The molecule has 0 unspecified atom stereocenters. The number of hydrogen-bond donors (Lipinski definition) is 3. The van der Waals surface area contributed by atoms with Crippen LogP contribution in [0.15, 0.2) is 66.7 Å². The van der Waals surface area contributed by atoms with Crippen molar-refractivity contribution in [1.29, 1.82) is 0 Å². The first kappa shape index (κ1) is 32.7. The zero-order valence-electron chi connectivity index (χ0n) is 26.8. The number of nitrogens with zero attached hydrogens (tertiary/aromatic N) is 2. The minimum Gasteiger partial charge on any atom is -0.482 e. The molecule has 10 nitrogen and oxygen atoms in total. The molecule has 0 aromatic heterocycles. The Balaban J connectivity index is 1.12. The minimum absolute atomic E-state index is 0.0719. The van der Waals surface area contributed by atoms with E-state index in [4.69, 9.17) is 10.5 Å². The average Bonchev–Trinajstić information content (AvgIpc) is 3.87. The first-order valence-corrected chi connectivity index (χ1v) is 15.8. The molecule has 242 valence electrons. The molecule has 3 aromatic carbocycles. The maximum absolute atomic E-state index is 13.5. The molecule has 1 aliphatic heterocycles. The lowest BCUT2D eigenvalue weighted by Crippen LogP contribution is -2.33. The molecule has 1 fully saturated rings. The normalized spacial score (nSPS) is 14.0. The van der Waals surface area contributed by atoms with E-state index in [0.717, 1.165) is 43.2 Å². The molecule has 4 N–H and O–H groups in total. The summed E-state index contributed by atoms with van der Waals surface area (Å²) in [4.78, 5) is 54.1. The Kier molecular flexibility index (Phi) is 10.1. The third-order valence-electron chi connectivity index (χ3n) is 8.20. The molecule has 0 saturated heterocycles. The molecule has 1 heterocycles. The fourth-order valence-corrected chi connectivity index (χ4v) is 5.39. The number of anilines is 2. The molecule has 2 aliphatic rings. The summed E-state index contributed by atoms with van der Waals surface area (Å²) in [5.74, 6) is 0.0398. The Morgan fingerprint density at radius 3 is 2.26 bits per heavy atom. The first-order chi connectivity index (χ1) is 21.9. The summed E-state index contributed by atoms with van der Waals surface area (Å²) in [7, 11) is 1.80. The van der Waals surface area contributed by atoms with Gasteiger partial charge >= 0.3 is 0 Å². The van der Waals surface area contributed by atoms with Gasteiger partial charge in [-0.15, -0.1) is 0 Å². The van der Waals surface area contributed by atoms with Crippen molar-refractivity contribution in [1.82, 2.24) is 9.80 Å². The lowest BCUT2D eigenvalue weighted by atomic mass is 9.98. The van der Waals surface area contributed by atoms with E-state index in [9.17, 15) is 19.2 Å². The van der Waals surface area contributed by atoms with Crippen LogP contribution in [0.4, 0.5) is 11.4 Å². The van der Waals surface area contributed by atoms with Crippen LogP contribution in [0.3, 0.4) is 0 Å². The number of unbranched alkanes of at least 4 members (excludes halogenated alkanes) is 1. The number of nitrogens with two attached hydrogens (primary N) is 1. The van der Waals surface area contributed by atoms with Gasteiger partial charge in [-0.2, -0.15) is 0 Å². The second-order valence-corrected chi connectivity index (χ2v) is 13.0. The molecule has 0 radical (unpaired) electrons. The molecule has 46 heavy (non-hydrogen) atoms. The van der Waals surface area contributed by atoms with E-state index in [1.165, 1.54) is 0 Å². The lowest BCUT2D eigenvalue weighted by molar-refractivity contribution is -0.130. The zero-order valence-corrected chi connectivity index (χ0v) is 26.8. The predicted octanol–water partition coefficient (Wildman–Crippen LogP) is 5.33. The smallest absolute Gasteiger partial charge is 0.262 e. The van der Waals surface area contributed by atoms with Crippen LogP contribution >= 0.6 is 0 Å². The summed E-state index contributed by atoms with van der Waals surface area (Å²) in [6, 6.07) is 20.0. The van der Waals surface area contributed by atoms with Crippen molar-refractivity contribution in [2.24, 2.45) is 5.73 Å². The van der Waals surface area contributed by atoms with E-state index >= 15 is 0 Å². The predicted molar refractivity (Wildman–Crippen MR) is 178 cm³/mol. The molecule has 1 aliphatic carbocycles. The Morgan fingerprint density at radius 1 is 0.935 bits per heavy atom. The number of ether oxygens (including phenoxy) is 1. The van der Waals surface area contributed by atoms with Crippen molar-refractivity contribution in [2.45, 2.75) is 77.0 Å². The van der Waals surface area contributed by atoms with Gasteiger partial charge in [-0.05, 0) is 93.1 Å². The second-order valence-electron chi connectivity index (χ2n) is 13.0. The highest BCUT2D eigenvalue weighted by atomic mass is 16.5. The number of benzene rings is 3. The Hall–Kier alpha value is -4.70. The van der Waals surface area contributed by atoms with Gasteiger partial charge in [0.05, 0.1) is 5.69 Å². The van der Waals surface area contributed by atoms with Crippen LogP contribution in [0.5, 0.6) is 5.75 Å². The fraction of sp³-hybridized carbons (Fsp3) is 0.389. The number of amides is 4. The monoisotopic (exact) mass is 625 g/mol. The van der Waals surface area contributed by atoms with Crippen LogP contribution in [-0.4, -0.2) is 58.7 Å². The summed E-state index contributed by atoms with van der Waals surface area (Å²) in [6.45, 7) is 4.84. The Bertz CT molecular complexity index is 1580. The number of fused-ring (bicyclic) bond motifs is 1. The van der Waals surface area contributed by atoms with Crippen molar-refractivity contribution in [3.05, 3.63) is 89.0 Å². The van der Waals surface area contributed by atoms with Gasteiger partial charge in [0, 0.05) is 55.0 Å². The Labute approximate surface area is 270 Å². The van der Waals surface area contributed by atoms with Gasteiger partial charge in [0.1, 0.15) is 5.75 Å². The van der Waals surface area contributed by atoms with Crippen molar-refractivity contribution >= 4 is 35.0 Å². The van der Waals surface area contributed by atoms with Gasteiger partial charge in [-0.3, -0.25) is 19.2 Å². The highest BCUT2D eigenvalue weighted by Gasteiger charge is 2.33.